The van der Waals surface area contributed by atoms with Crippen LogP contribution in [0.4, 0.5) is 11.4 Å². The predicted octanol–water partition coefficient (Wildman–Crippen LogP) is 2.53. The van der Waals surface area contributed by atoms with Crippen molar-refractivity contribution in [1.29, 1.82) is 5.26 Å². The normalized spacial score (nSPS) is 10.9. The zero-order valence-electron chi connectivity index (χ0n) is 12.8. The molecule has 0 N–H and O–H groups in total. The van der Waals surface area contributed by atoms with Gasteiger partial charge < -0.3 is 0 Å². The highest BCUT2D eigenvalue weighted by molar-refractivity contribution is 7.92. The molecule has 0 aromatic heterocycles. The van der Waals surface area contributed by atoms with E-state index < -0.39 is 14.9 Å². The third kappa shape index (κ3) is 3.19. The van der Waals surface area contributed by atoms with E-state index >= 15 is 0 Å². The number of aryl methyl sites for hydroxylation is 1. The molecule has 0 aliphatic heterocycles. The molecule has 0 spiro atoms. The summed E-state index contributed by atoms with van der Waals surface area (Å²) in [5.74, 6) is 0. The van der Waals surface area contributed by atoms with Gasteiger partial charge >= 0.3 is 0 Å². The fourth-order valence-electron chi connectivity index (χ4n) is 2.02. The maximum atomic E-state index is 12.7. The molecule has 2 rings (SSSR count). The van der Waals surface area contributed by atoms with E-state index in [0.29, 0.717) is 4.47 Å². The summed E-state index contributed by atoms with van der Waals surface area (Å²) >= 11 is 0. The molecule has 8 nitrogen and oxygen atoms in total. The van der Waals surface area contributed by atoms with Crippen molar-refractivity contribution in [3.63, 3.8) is 0 Å². The van der Waals surface area contributed by atoms with E-state index in [9.17, 15) is 23.8 Å². The van der Waals surface area contributed by atoms with Crippen LogP contribution in [0.5, 0.6) is 0 Å². The average molecular weight is 347 g/mol. The first kappa shape index (κ1) is 17.4. The van der Waals surface area contributed by atoms with Crippen LogP contribution < -0.4 is 4.47 Å². The number of nitriles is 1. The molecule has 9 heteroatoms. The summed E-state index contributed by atoms with van der Waals surface area (Å²) in [6.45, 7) is 1.81. The van der Waals surface area contributed by atoms with Gasteiger partial charge in [-0.2, -0.15) is 13.7 Å². The zero-order chi connectivity index (χ0) is 17.9. The summed E-state index contributed by atoms with van der Waals surface area (Å²) < 4.78 is 26.0. The van der Waals surface area contributed by atoms with Gasteiger partial charge in [-0.25, -0.2) is 0 Å². The number of rotatable bonds is 5. The fraction of sp³-hybridized carbons (Fsp3) is 0.133. The molecule has 0 saturated heterocycles. The van der Waals surface area contributed by atoms with Crippen molar-refractivity contribution in [1.82, 2.24) is 0 Å². The maximum Gasteiger partial charge on any atom is 0.286 e. The number of hydrogen-bond acceptors (Lipinski definition) is 6. The molecule has 2 aromatic rings. The van der Waals surface area contributed by atoms with Crippen LogP contribution in [0.3, 0.4) is 0 Å². The predicted molar refractivity (Wildman–Crippen MR) is 85.7 cm³/mol. The maximum absolute atomic E-state index is 12.7. The van der Waals surface area contributed by atoms with Gasteiger partial charge in [0, 0.05) is 12.1 Å². The Labute approximate surface area is 138 Å². The lowest BCUT2D eigenvalue weighted by Gasteiger charge is -2.22. The number of non-ortho nitro benzene ring substituents is 1. The Morgan fingerprint density at radius 2 is 1.83 bits per heavy atom. The van der Waals surface area contributed by atoms with Gasteiger partial charge in [0.2, 0.25) is 0 Å². The van der Waals surface area contributed by atoms with Gasteiger partial charge in [-0.3, -0.25) is 15.0 Å². The fourth-order valence-corrected chi connectivity index (χ4v) is 3.30. The highest BCUT2D eigenvalue weighted by atomic mass is 32.2. The van der Waals surface area contributed by atoms with Crippen LogP contribution in [0.25, 0.3) is 0 Å². The van der Waals surface area contributed by atoms with Crippen LogP contribution in [0.15, 0.2) is 47.4 Å². The van der Waals surface area contributed by atoms with Crippen LogP contribution in [-0.2, 0) is 14.9 Å². The molecule has 0 amide bonds. The molecule has 24 heavy (non-hydrogen) atoms. The first-order chi connectivity index (χ1) is 11.3. The van der Waals surface area contributed by atoms with Crippen molar-refractivity contribution in [3.05, 3.63) is 63.7 Å². The van der Waals surface area contributed by atoms with Crippen LogP contribution in [-0.4, -0.2) is 20.5 Å². The summed E-state index contributed by atoms with van der Waals surface area (Å²) in [6, 6.07) is 11.1. The summed E-state index contributed by atoms with van der Waals surface area (Å²) in [4.78, 5) is 15.1. The highest BCUT2D eigenvalue weighted by Gasteiger charge is 2.28. The van der Waals surface area contributed by atoms with Gasteiger partial charge in [0.1, 0.15) is 11.8 Å². The van der Waals surface area contributed by atoms with Gasteiger partial charge in [-0.05, 0) is 25.1 Å². The van der Waals surface area contributed by atoms with Crippen molar-refractivity contribution < 1.29 is 18.2 Å². The number of nitrogens with zero attached hydrogens (tertiary/aromatic N) is 3. The van der Waals surface area contributed by atoms with E-state index in [1.54, 1.807) is 18.2 Å². The first-order valence-corrected chi connectivity index (χ1v) is 8.10. The van der Waals surface area contributed by atoms with Crippen molar-refractivity contribution in [2.75, 3.05) is 11.6 Å². The summed E-state index contributed by atoms with van der Waals surface area (Å²) in [6.07, 6.45) is 0. The van der Waals surface area contributed by atoms with Crippen LogP contribution in [0.1, 0.15) is 11.1 Å². The average Bonchev–Trinajstić information content (AvgIpc) is 2.55. The second-order valence-electron chi connectivity index (χ2n) is 4.80. The number of nitro benzene ring substituents is 1. The lowest BCUT2D eigenvalue weighted by molar-refractivity contribution is -0.384. The monoisotopic (exact) mass is 347 g/mol. The minimum atomic E-state index is -4.10. The summed E-state index contributed by atoms with van der Waals surface area (Å²) in [7, 11) is -2.96. The largest absolute Gasteiger partial charge is 0.286 e. The zero-order valence-corrected chi connectivity index (χ0v) is 13.6. The number of sulfonamides is 1. The van der Waals surface area contributed by atoms with Crippen LogP contribution >= 0.6 is 0 Å². The molecule has 0 atom stereocenters. The molecule has 0 aliphatic rings. The van der Waals surface area contributed by atoms with Crippen molar-refractivity contribution in [2.45, 2.75) is 11.8 Å². The Hall–Kier alpha value is -2.96. The minimum Gasteiger partial charge on any atom is -0.262 e. The Morgan fingerprint density at radius 3 is 2.33 bits per heavy atom. The van der Waals surface area contributed by atoms with E-state index in [0.717, 1.165) is 30.9 Å². The van der Waals surface area contributed by atoms with Crippen LogP contribution in [0, 0.1) is 28.4 Å². The number of nitro groups is 1. The topological polar surface area (TPSA) is 114 Å². The lowest BCUT2D eigenvalue weighted by atomic mass is 10.2. The quantitative estimate of drug-likeness (QED) is 0.606. The number of benzene rings is 2. The van der Waals surface area contributed by atoms with E-state index in [1.807, 2.05) is 6.92 Å². The lowest BCUT2D eigenvalue weighted by Crippen LogP contribution is -2.30. The Balaban J connectivity index is 2.58. The van der Waals surface area contributed by atoms with E-state index in [1.165, 1.54) is 12.1 Å². The third-order valence-electron chi connectivity index (χ3n) is 3.21. The van der Waals surface area contributed by atoms with Crippen molar-refractivity contribution >= 4 is 21.4 Å². The third-order valence-corrected chi connectivity index (χ3v) is 4.86. The molecule has 0 fully saturated rings. The molecule has 0 bridgehead atoms. The van der Waals surface area contributed by atoms with Gasteiger partial charge in [0.15, 0.2) is 0 Å². The molecule has 2 aromatic carbocycles. The first-order valence-electron chi connectivity index (χ1n) is 6.66. The van der Waals surface area contributed by atoms with Crippen LogP contribution in [0.2, 0.25) is 0 Å². The molecule has 0 saturated carbocycles. The van der Waals surface area contributed by atoms with E-state index in [-0.39, 0.29) is 21.8 Å². The Bertz CT molecular complexity index is 917. The van der Waals surface area contributed by atoms with Gasteiger partial charge in [0.05, 0.1) is 22.5 Å². The Kier molecular flexibility index (Phi) is 4.82. The van der Waals surface area contributed by atoms with Gasteiger partial charge in [-0.1, -0.05) is 17.7 Å². The second kappa shape index (κ2) is 6.66. The SMILES string of the molecule is CON(c1ccc([N+](=O)[O-])cc1C#N)S(=O)(=O)c1ccc(C)cc1. The molecule has 124 valence electrons. The number of anilines is 1. The summed E-state index contributed by atoms with van der Waals surface area (Å²) in [5, 5.41) is 20.0. The highest BCUT2D eigenvalue weighted by Crippen LogP contribution is 2.29. The molecular formula is C15H13N3O5S. The number of hydrogen-bond donors (Lipinski definition) is 0. The van der Waals surface area contributed by atoms with Crippen molar-refractivity contribution in [2.24, 2.45) is 0 Å². The second-order valence-corrected chi connectivity index (χ2v) is 6.55. The molecule has 0 aliphatic carbocycles. The molecule has 0 unspecified atom stereocenters. The van der Waals surface area contributed by atoms with E-state index in [4.69, 9.17) is 4.84 Å². The molecule has 0 radical (unpaired) electrons. The van der Waals surface area contributed by atoms with Gasteiger partial charge in [-0.15, -0.1) is 4.47 Å². The molecular weight excluding hydrogens is 334 g/mol. The van der Waals surface area contributed by atoms with Crippen molar-refractivity contribution in [3.8, 4) is 6.07 Å². The summed E-state index contributed by atoms with van der Waals surface area (Å²) in [5.41, 5.74) is 0.262. The Morgan fingerprint density at radius 1 is 1.21 bits per heavy atom. The smallest absolute Gasteiger partial charge is 0.262 e. The molecule has 0 heterocycles. The minimum absolute atomic E-state index is 0.0304. The van der Waals surface area contributed by atoms with E-state index in [2.05, 4.69) is 0 Å². The standard InChI is InChI=1S/C15H13N3O5S/c1-11-3-6-14(7-4-11)24(21,22)18(23-2)15-8-5-13(17(19)20)9-12(15)10-16/h3-9H,1-2H3. The van der Waals surface area contributed by atoms with Gasteiger partial charge in [0.25, 0.3) is 15.7 Å².